The number of hydrogen-bond donors (Lipinski definition) is 0. The van der Waals surface area contributed by atoms with Gasteiger partial charge in [0.1, 0.15) is 5.69 Å². The van der Waals surface area contributed by atoms with Crippen LogP contribution >= 0.6 is 0 Å². The fraction of sp³-hybridized carbons (Fsp3) is 0.179. The lowest BCUT2D eigenvalue weighted by atomic mass is 10.2. The highest BCUT2D eigenvalue weighted by atomic mass is 32.2. The van der Waals surface area contributed by atoms with Crippen LogP contribution in [0.1, 0.15) is 16.5 Å². The molecule has 180 valence electrons. The lowest BCUT2D eigenvalue weighted by Crippen LogP contribution is -2.45. The molecule has 0 saturated carbocycles. The standard InChI is InChI=1S/C28H25N5O2S/c29-21-26(36(34,35)23-11-5-2-6-12-23)27-28(31-25-14-8-7-13-24(25)30-27)33-19-17-32(18-20-33)16-15-22-9-3-1-4-10-22/h1-16,26H,17-20H2/b16-15+/t26-/m0/s1. The molecule has 0 unspecified atom stereocenters. The molecule has 1 saturated heterocycles. The quantitative estimate of drug-likeness (QED) is 0.390. The SMILES string of the molecule is N#C[C@@H](c1nc2ccccc2nc1N1CCN(/C=C/c2ccccc2)CC1)S(=O)(=O)c1ccccc1. The van der Waals surface area contributed by atoms with Crippen LogP contribution in [-0.2, 0) is 9.84 Å². The topological polar surface area (TPSA) is 90.2 Å². The van der Waals surface area contributed by atoms with Crippen molar-refractivity contribution < 1.29 is 8.42 Å². The Bertz CT molecular complexity index is 1530. The normalized spacial score (nSPS) is 15.2. The molecule has 36 heavy (non-hydrogen) atoms. The highest BCUT2D eigenvalue weighted by molar-refractivity contribution is 7.92. The van der Waals surface area contributed by atoms with Crippen molar-refractivity contribution in [2.24, 2.45) is 0 Å². The number of benzene rings is 3. The van der Waals surface area contributed by atoms with Crippen molar-refractivity contribution in [2.45, 2.75) is 10.1 Å². The molecule has 3 aromatic carbocycles. The molecule has 5 rings (SSSR count). The molecule has 1 aliphatic rings. The number of piperazine rings is 1. The Morgan fingerprint density at radius 3 is 2.03 bits per heavy atom. The zero-order valence-electron chi connectivity index (χ0n) is 19.6. The minimum atomic E-state index is -4.00. The lowest BCUT2D eigenvalue weighted by Gasteiger charge is -2.35. The van der Waals surface area contributed by atoms with E-state index in [9.17, 15) is 13.7 Å². The van der Waals surface area contributed by atoms with Gasteiger partial charge in [-0.2, -0.15) is 5.26 Å². The van der Waals surface area contributed by atoms with Crippen molar-refractivity contribution in [1.29, 1.82) is 5.26 Å². The Morgan fingerprint density at radius 2 is 1.39 bits per heavy atom. The number of sulfone groups is 1. The maximum Gasteiger partial charge on any atom is 0.200 e. The van der Waals surface area contributed by atoms with Crippen molar-refractivity contribution in [3.8, 4) is 6.07 Å². The van der Waals surface area contributed by atoms with Crippen LogP contribution in [0.25, 0.3) is 17.1 Å². The van der Waals surface area contributed by atoms with Crippen molar-refractivity contribution in [2.75, 3.05) is 31.1 Å². The maximum atomic E-state index is 13.5. The van der Waals surface area contributed by atoms with E-state index in [1.807, 2.05) is 47.4 Å². The van der Waals surface area contributed by atoms with Crippen molar-refractivity contribution in [3.63, 3.8) is 0 Å². The van der Waals surface area contributed by atoms with Gasteiger partial charge in [-0.3, -0.25) is 0 Å². The molecule has 0 amide bonds. The van der Waals surface area contributed by atoms with Gasteiger partial charge in [-0.15, -0.1) is 0 Å². The summed E-state index contributed by atoms with van der Waals surface area (Å²) >= 11 is 0. The molecule has 4 aromatic rings. The van der Waals surface area contributed by atoms with E-state index < -0.39 is 15.1 Å². The van der Waals surface area contributed by atoms with E-state index in [0.29, 0.717) is 29.9 Å². The van der Waals surface area contributed by atoms with Crippen molar-refractivity contribution in [1.82, 2.24) is 14.9 Å². The summed E-state index contributed by atoms with van der Waals surface area (Å²) in [5.74, 6) is 0.450. The second-order valence-corrected chi connectivity index (χ2v) is 10.6. The molecule has 0 aliphatic carbocycles. The van der Waals surface area contributed by atoms with Crippen LogP contribution in [0.2, 0.25) is 0 Å². The van der Waals surface area contributed by atoms with Gasteiger partial charge in [0.2, 0.25) is 9.84 Å². The third-order valence-corrected chi connectivity index (χ3v) is 8.10. The van der Waals surface area contributed by atoms with Crippen LogP contribution in [0.3, 0.4) is 0 Å². The van der Waals surface area contributed by atoms with Crippen LogP contribution in [0.15, 0.2) is 96.0 Å². The molecule has 8 heteroatoms. The average Bonchev–Trinajstić information content (AvgIpc) is 2.93. The van der Waals surface area contributed by atoms with Gasteiger partial charge < -0.3 is 9.80 Å². The van der Waals surface area contributed by atoms with Gasteiger partial charge in [-0.1, -0.05) is 60.7 Å². The van der Waals surface area contributed by atoms with E-state index in [2.05, 4.69) is 34.3 Å². The first-order chi connectivity index (χ1) is 17.6. The highest BCUT2D eigenvalue weighted by Gasteiger charge is 2.35. The average molecular weight is 496 g/mol. The fourth-order valence-electron chi connectivity index (χ4n) is 4.28. The summed E-state index contributed by atoms with van der Waals surface area (Å²) in [6.45, 7) is 2.73. The van der Waals surface area contributed by atoms with E-state index in [1.54, 1.807) is 24.3 Å². The minimum Gasteiger partial charge on any atom is -0.374 e. The molecular formula is C28H25N5O2S. The Hall–Kier alpha value is -4.22. The minimum absolute atomic E-state index is 0.0910. The van der Waals surface area contributed by atoms with Crippen molar-refractivity contribution in [3.05, 3.63) is 102 Å². The predicted molar refractivity (Wildman–Crippen MR) is 141 cm³/mol. The van der Waals surface area contributed by atoms with E-state index in [0.717, 1.165) is 18.7 Å². The molecule has 0 N–H and O–H groups in total. The van der Waals surface area contributed by atoms with Gasteiger partial charge in [0.15, 0.2) is 11.1 Å². The Balaban J connectivity index is 1.47. The first kappa shape index (κ1) is 23.5. The summed E-state index contributed by atoms with van der Waals surface area (Å²) in [4.78, 5) is 13.8. The number of nitrogens with zero attached hydrogens (tertiary/aromatic N) is 5. The molecule has 2 heterocycles. The first-order valence-corrected chi connectivity index (χ1v) is 13.3. The van der Waals surface area contributed by atoms with Crippen LogP contribution in [0, 0.1) is 11.3 Å². The predicted octanol–water partition coefficient (Wildman–Crippen LogP) is 4.46. The Kier molecular flexibility index (Phi) is 6.65. The summed E-state index contributed by atoms with van der Waals surface area (Å²) in [6, 6.07) is 27.5. The van der Waals surface area contributed by atoms with Gasteiger partial charge in [0.05, 0.1) is 22.0 Å². The molecule has 0 radical (unpaired) electrons. The molecular weight excluding hydrogens is 470 g/mol. The molecule has 1 aromatic heterocycles. The molecule has 7 nitrogen and oxygen atoms in total. The monoisotopic (exact) mass is 495 g/mol. The Morgan fingerprint density at radius 1 is 0.806 bits per heavy atom. The number of hydrogen-bond acceptors (Lipinski definition) is 7. The number of para-hydroxylation sites is 2. The maximum absolute atomic E-state index is 13.5. The molecule has 0 spiro atoms. The van der Waals surface area contributed by atoms with Crippen molar-refractivity contribution >= 4 is 32.8 Å². The van der Waals surface area contributed by atoms with Crippen LogP contribution in [0.5, 0.6) is 0 Å². The van der Waals surface area contributed by atoms with Crippen LogP contribution in [-0.4, -0.2) is 49.5 Å². The third kappa shape index (κ3) is 4.79. The van der Waals surface area contributed by atoms with Gasteiger partial charge >= 0.3 is 0 Å². The number of fused-ring (bicyclic) bond motifs is 1. The summed E-state index contributed by atoms with van der Waals surface area (Å²) in [7, 11) is -4.00. The zero-order chi connectivity index (χ0) is 25.0. The van der Waals surface area contributed by atoms with Gasteiger partial charge in [-0.25, -0.2) is 18.4 Å². The van der Waals surface area contributed by atoms with E-state index in [4.69, 9.17) is 4.98 Å². The Labute approximate surface area is 210 Å². The molecule has 1 atom stereocenters. The van der Waals surface area contributed by atoms with Crippen LogP contribution < -0.4 is 4.90 Å². The number of anilines is 1. The number of rotatable bonds is 6. The van der Waals surface area contributed by atoms with Crippen LogP contribution in [0.4, 0.5) is 5.82 Å². The van der Waals surface area contributed by atoms with E-state index >= 15 is 0 Å². The second-order valence-electron chi connectivity index (χ2n) is 8.54. The summed E-state index contributed by atoms with van der Waals surface area (Å²) in [5.41, 5.74) is 2.53. The zero-order valence-corrected chi connectivity index (χ0v) is 20.4. The van der Waals surface area contributed by atoms with Gasteiger partial charge in [0.25, 0.3) is 0 Å². The molecule has 0 bridgehead atoms. The number of aromatic nitrogens is 2. The van der Waals surface area contributed by atoms with Gasteiger partial charge in [0, 0.05) is 26.2 Å². The molecule has 1 fully saturated rings. The first-order valence-electron chi connectivity index (χ1n) is 11.7. The third-order valence-electron chi connectivity index (χ3n) is 6.22. The summed E-state index contributed by atoms with van der Waals surface area (Å²) < 4.78 is 27.0. The smallest absolute Gasteiger partial charge is 0.200 e. The largest absolute Gasteiger partial charge is 0.374 e. The number of nitriles is 1. The highest BCUT2D eigenvalue weighted by Crippen LogP contribution is 2.34. The summed E-state index contributed by atoms with van der Waals surface area (Å²) in [5, 5.41) is 8.59. The van der Waals surface area contributed by atoms with E-state index in [-0.39, 0.29) is 10.6 Å². The van der Waals surface area contributed by atoms with E-state index in [1.165, 1.54) is 12.1 Å². The lowest BCUT2D eigenvalue weighted by molar-refractivity contribution is 0.349. The molecule has 1 aliphatic heterocycles. The fourth-order valence-corrected chi connectivity index (χ4v) is 5.67. The van der Waals surface area contributed by atoms with Gasteiger partial charge in [-0.05, 0) is 42.1 Å². The second kappa shape index (κ2) is 10.2. The summed E-state index contributed by atoms with van der Waals surface area (Å²) in [6.07, 6.45) is 4.16.